The van der Waals surface area contributed by atoms with Crippen molar-refractivity contribution in [1.82, 2.24) is 4.90 Å². The van der Waals surface area contributed by atoms with Gasteiger partial charge in [-0.3, -0.25) is 4.79 Å². The molecule has 0 bridgehead atoms. The molecule has 0 aliphatic carbocycles. The fourth-order valence-electron chi connectivity index (χ4n) is 3.72. The second-order valence-corrected chi connectivity index (χ2v) is 8.52. The first kappa shape index (κ1) is 26.5. The Labute approximate surface area is 171 Å². The van der Waals surface area contributed by atoms with E-state index in [1.54, 1.807) is 0 Å². The van der Waals surface area contributed by atoms with Crippen LogP contribution in [0.1, 0.15) is 142 Å². The summed E-state index contributed by atoms with van der Waals surface area (Å²) in [6, 6.07) is 0. The van der Waals surface area contributed by atoms with E-state index in [0.717, 1.165) is 19.4 Å². The topological polar surface area (TPSA) is 20.3 Å². The van der Waals surface area contributed by atoms with Crippen LogP contribution in [0.4, 0.5) is 0 Å². The van der Waals surface area contributed by atoms with E-state index < -0.39 is 0 Å². The summed E-state index contributed by atoms with van der Waals surface area (Å²) in [5, 5.41) is 0. The number of nitrogens with zero attached hydrogens (tertiary/aromatic N) is 1. The molecule has 0 rings (SSSR count). The van der Waals surface area contributed by atoms with Gasteiger partial charge in [0.1, 0.15) is 0 Å². The first-order chi connectivity index (χ1) is 13.2. The summed E-state index contributed by atoms with van der Waals surface area (Å²) in [4.78, 5) is 13.5. The van der Waals surface area contributed by atoms with Crippen LogP contribution in [0.2, 0.25) is 0 Å². The number of carbonyl (C=O) groups is 1. The molecule has 0 N–H and O–H groups in total. The zero-order valence-corrected chi connectivity index (χ0v) is 19.2. The van der Waals surface area contributed by atoms with Gasteiger partial charge in [-0.15, -0.1) is 0 Å². The van der Waals surface area contributed by atoms with E-state index in [2.05, 4.69) is 6.92 Å². The number of hydrogen-bond donors (Lipinski definition) is 0. The molecule has 0 unspecified atom stereocenters. The monoisotopic (exact) mass is 381 g/mol. The molecule has 0 fully saturated rings. The smallest absolute Gasteiger partial charge is 0.222 e. The fourth-order valence-corrected chi connectivity index (χ4v) is 3.72. The summed E-state index contributed by atoms with van der Waals surface area (Å²) >= 11 is 0. The van der Waals surface area contributed by atoms with Gasteiger partial charge in [-0.05, 0) is 13.3 Å². The molecule has 1 amide bonds. The van der Waals surface area contributed by atoms with Crippen molar-refractivity contribution in [2.24, 2.45) is 0 Å². The molecule has 0 aromatic heterocycles. The largest absolute Gasteiger partial charge is 0.346 e. The molecule has 0 spiro atoms. The van der Waals surface area contributed by atoms with Crippen LogP contribution in [-0.2, 0) is 4.79 Å². The van der Waals surface area contributed by atoms with Crippen molar-refractivity contribution in [2.75, 3.05) is 13.6 Å². The molecule has 2 heteroatoms. The summed E-state index contributed by atoms with van der Waals surface area (Å²) in [5.74, 6) is 0.310. The second kappa shape index (κ2) is 21.8. The van der Waals surface area contributed by atoms with E-state index in [0.29, 0.717) is 5.91 Å². The van der Waals surface area contributed by atoms with Crippen molar-refractivity contribution in [3.05, 3.63) is 0 Å². The van der Waals surface area contributed by atoms with Gasteiger partial charge in [0.2, 0.25) is 5.91 Å². The third kappa shape index (κ3) is 20.0. The summed E-state index contributed by atoms with van der Waals surface area (Å²) in [6.45, 7) is 5.16. The maximum absolute atomic E-state index is 11.7. The predicted octanol–water partition coefficient (Wildman–Crippen LogP) is 8.29. The van der Waals surface area contributed by atoms with Gasteiger partial charge >= 0.3 is 0 Å². The SMILES string of the molecule is CCCCCCCCCCCCCCCCCCCCCC(=O)N(C)CC. The van der Waals surface area contributed by atoms with Gasteiger partial charge in [-0.25, -0.2) is 0 Å². The summed E-state index contributed by atoms with van der Waals surface area (Å²) in [7, 11) is 1.90. The van der Waals surface area contributed by atoms with Crippen molar-refractivity contribution in [3.8, 4) is 0 Å². The van der Waals surface area contributed by atoms with Crippen molar-refractivity contribution in [1.29, 1.82) is 0 Å². The highest BCUT2D eigenvalue weighted by molar-refractivity contribution is 5.75. The van der Waals surface area contributed by atoms with Gasteiger partial charge in [0, 0.05) is 20.0 Å². The zero-order chi connectivity index (χ0) is 20.0. The maximum Gasteiger partial charge on any atom is 0.222 e. The Bertz CT molecular complexity index is 303. The molecule has 27 heavy (non-hydrogen) atoms. The Kier molecular flexibility index (Phi) is 21.3. The summed E-state index contributed by atoms with van der Waals surface area (Å²) in [6.07, 6.45) is 27.3. The number of amides is 1. The summed E-state index contributed by atoms with van der Waals surface area (Å²) < 4.78 is 0. The highest BCUT2D eigenvalue weighted by Crippen LogP contribution is 2.14. The molecule has 0 atom stereocenters. The van der Waals surface area contributed by atoms with E-state index in [1.165, 1.54) is 116 Å². The highest BCUT2D eigenvalue weighted by atomic mass is 16.2. The van der Waals surface area contributed by atoms with Gasteiger partial charge < -0.3 is 4.90 Å². The molecule has 0 radical (unpaired) electrons. The number of unbranched alkanes of at least 4 members (excludes halogenated alkanes) is 18. The van der Waals surface area contributed by atoms with Crippen LogP contribution in [-0.4, -0.2) is 24.4 Å². The average Bonchev–Trinajstić information content (AvgIpc) is 2.68. The average molecular weight is 382 g/mol. The minimum absolute atomic E-state index is 0.310. The lowest BCUT2D eigenvalue weighted by atomic mass is 10.0. The van der Waals surface area contributed by atoms with Crippen molar-refractivity contribution in [2.45, 2.75) is 142 Å². The first-order valence-electron chi connectivity index (χ1n) is 12.5. The number of carbonyl (C=O) groups excluding carboxylic acids is 1. The van der Waals surface area contributed by atoms with Crippen LogP contribution in [0, 0.1) is 0 Å². The van der Waals surface area contributed by atoms with Gasteiger partial charge in [0.05, 0.1) is 0 Å². The Hall–Kier alpha value is -0.530. The van der Waals surface area contributed by atoms with E-state index in [1.807, 2.05) is 18.9 Å². The normalized spacial score (nSPS) is 11.1. The van der Waals surface area contributed by atoms with Crippen molar-refractivity contribution >= 4 is 5.91 Å². The zero-order valence-electron chi connectivity index (χ0n) is 19.2. The second-order valence-electron chi connectivity index (χ2n) is 8.52. The standard InChI is InChI=1S/C25H51NO/c1-4-6-7-8-9-10-11-12-13-14-15-16-17-18-19-20-21-22-23-24-25(27)26(3)5-2/h4-24H2,1-3H3. The third-order valence-corrected chi connectivity index (χ3v) is 5.89. The van der Waals surface area contributed by atoms with Gasteiger partial charge in [0.15, 0.2) is 0 Å². The molecular weight excluding hydrogens is 330 g/mol. The van der Waals surface area contributed by atoms with Crippen LogP contribution in [0.3, 0.4) is 0 Å². The van der Waals surface area contributed by atoms with Gasteiger partial charge in [0.25, 0.3) is 0 Å². The number of hydrogen-bond acceptors (Lipinski definition) is 1. The summed E-state index contributed by atoms with van der Waals surface area (Å²) in [5.41, 5.74) is 0. The lowest BCUT2D eigenvalue weighted by Gasteiger charge is -2.13. The van der Waals surface area contributed by atoms with Gasteiger partial charge in [-0.2, -0.15) is 0 Å². The minimum atomic E-state index is 0.310. The van der Waals surface area contributed by atoms with Gasteiger partial charge in [-0.1, -0.05) is 122 Å². The Balaban J connectivity index is 3.08. The Morgan fingerprint density at radius 1 is 0.519 bits per heavy atom. The van der Waals surface area contributed by atoms with Crippen LogP contribution >= 0.6 is 0 Å². The molecule has 0 aromatic rings. The molecule has 0 aliphatic rings. The third-order valence-electron chi connectivity index (χ3n) is 5.89. The van der Waals surface area contributed by atoms with Crippen molar-refractivity contribution in [3.63, 3.8) is 0 Å². The highest BCUT2D eigenvalue weighted by Gasteiger charge is 2.05. The molecule has 0 heterocycles. The lowest BCUT2D eigenvalue weighted by molar-refractivity contribution is -0.129. The molecule has 0 saturated carbocycles. The van der Waals surface area contributed by atoms with E-state index in [4.69, 9.17) is 0 Å². The quantitative estimate of drug-likeness (QED) is 0.183. The van der Waals surface area contributed by atoms with E-state index in [9.17, 15) is 4.79 Å². The predicted molar refractivity (Wildman–Crippen MR) is 121 cm³/mol. The number of rotatable bonds is 21. The van der Waals surface area contributed by atoms with E-state index in [-0.39, 0.29) is 0 Å². The van der Waals surface area contributed by atoms with Crippen LogP contribution < -0.4 is 0 Å². The van der Waals surface area contributed by atoms with Crippen LogP contribution in [0.15, 0.2) is 0 Å². The molecular formula is C25H51NO. The Morgan fingerprint density at radius 2 is 0.815 bits per heavy atom. The molecule has 0 aliphatic heterocycles. The fraction of sp³-hybridized carbons (Fsp3) is 0.960. The maximum atomic E-state index is 11.7. The minimum Gasteiger partial charge on any atom is -0.346 e. The van der Waals surface area contributed by atoms with Crippen molar-refractivity contribution < 1.29 is 4.79 Å². The lowest BCUT2D eigenvalue weighted by Crippen LogP contribution is -2.25. The molecule has 162 valence electrons. The van der Waals surface area contributed by atoms with E-state index >= 15 is 0 Å². The molecule has 2 nitrogen and oxygen atoms in total. The molecule has 0 saturated heterocycles. The van der Waals surface area contributed by atoms with Crippen LogP contribution in [0.5, 0.6) is 0 Å². The molecule has 0 aromatic carbocycles. The Morgan fingerprint density at radius 3 is 1.11 bits per heavy atom. The first-order valence-corrected chi connectivity index (χ1v) is 12.5. The van der Waals surface area contributed by atoms with Crippen LogP contribution in [0.25, 0.3) is 0 Å².